The van der Waals surface area contributed by atoms with Crippen LogP contribution in [0.3, 0.4) is 0 Å². The third kappa shape index (κ3) is 5.57. The number of pyridine rings is 1. The molecule has 1 amide bonds. The van der Waals surface area contributed by atoms with E-state index < -0.39 is 0 Å². The van der Waals surface area contributed by atoms with Crippen molar-refractivity contribution in [2.75, 3.05) is 23.8 Å². The van der Waals surface area contributed by atoms with Crippen LogP contribution in [0.2, 0.25) is 0 Å². The zero-order valence-electron chi connectivity index (χ0n) is 15.3. The number of hydrogen-bond donors (Lipinski definition) is 2. The van der Waals surface area contributed by atoms with E-state index in [1.807, 2.05) is 55.5 Å². The van der Waals surface area contributed by atoms with Crippen molar-refractivity contribution in [2.45, 2.75) is 13.3 Å². The van der Waals surface area contributed by atoms with Crippen LogP contribution in [0.4, 0.5) is 11.4 Å². The summed E-state index contributed by atoms with van der Waals surface area (Å²) in [4.78, 5) is 16.6. The monoisotopic (exact) mass is 361 g/mol. The number of rotatable bonds is 8. The molecule has 1 aromatic heterocycles. The molecule has 5 heteroatoms. The van der Waals surface area contributed by atoms with E-state index in [2.05, 4.69) is 27.8 Å². The summed E-state index contributed by atoms with van der Waals surface area (Å²) in [5, 5.41) is 6.19. The van der Waals surface area contributed by atoms with Crippen molar-refractivity contribution in [3.05, 3.63) is 84.2 Å². The van der Waals surface area contributed by atoms with Crippen LogP contribution in [0.1, 0.15) is 22.8 Å². The third-order valence-corrected chi connectivity index (χ3v) is 4.01. The first-order valence-corrected chi connectivity index (χ1v) is 9.01. The molecule has 138 valence electrons. The molecular formula is C22H23N3O2. The fourth-order valence-corrected chi connectivity index (χ4v) is 2.66. The predicted octanol–water partition coefficient (Wildman–Crippen LogP) is 4.39. The molecule has 0 unspecified atom stereocenters. The van der Waals surface area contributed by atoms with Gasteiger partial charge in [-0.3, -0.25) is 9.78 Å². The molecule has 0 aliphatic rings. The SMILES string of the molecule is CCOc1ccc(NC(=O)c2cncc(NCCc3ccccc3)c2)cc1. The highest BCUT2D eigenvalue weighted by Crippen LogP contribution is 2.17. The lowest BCUT2D eigenvalue weighted by atomic mass is 10.1. The minimum absolute atomic E-state index is 0.196. The van der Waals surface area contributed by atoms with Crippen LogP contribution < -0.4 is 15.4 Å². The average molecular weight is 361 g/mol. The molecule has 0 saturated carbocycles. The molecule has 0 fully saturated rings. The van der Waals surface area contributed by atoms with Gasteiger partial charge < -0.3 is 15.4 Å². The van der Waals surface area contributed by atoms with Crippen LogP contribution in [0.15, 0.2) is 73.1 Å². The number of amides is 1. The van der Waals surface area contributed by atoms with Crippen molar-refractivity contribution in [1.29, 1.82) is 0 Å². The van der Waals surface area contributed by atoms with Gasteiger partial charge in [-0.1, -0.05) is 30.3 Å². The first kappa shape index (κ1) is 18.5. The summed E-state index contributed by atoms with van der Waals surface area (Å²) in [5.41, 5.74) is 3.31. The normalized spacial score (nSPS) is 10.3. The van der Waals surface area contributed by atoms with Gasteiger partial charge in [0.05, 0.1) is 17.9 Å². The van der Waals surface area contributed by atoms with E-state index in [9.17, 15) is 4.79 Å². The molecular weight excluding hydrogens is 338 g/mol. The fraction of sp³-hybridized carbons (Fsp3) is 0.182. The highest BCUT2D eigenvalue weighted by molar-refractivity contribution is 6.04. The largest absolute Gasteiger partial charge is 0.494 e. The maximum Gasteiger partial charge on any atom is 0.257 e. The highest BCUT2D eigenvalue weighted by Gasteiger charge is 2.08. The van der Waals surface area contributed by atoms with E-state index in [4.69, 9.17) is 4.74 Å². The molecule has 3 aromatic rings. The van der Waals surface area contributed by atoms with Gasteiger partial charge in [0.2, 0.25) is 0 Å². The number of benzene rings is 2. The molecule has 0 aliphatic heterocycles. The van der Waals surface area contributed by atoms with E-state index in [1.54, 1.807) is 12.4 Å². The van der Waals surface area contributed by atoms with Gasteiger partial charge in [-0.2, -0.15) is 0 Å². The van der Waals surface area contributed by atoms with Gasteiger partial charge in [-0.25, -0.2) is 0 Å². The Morgan fingerprint density at radius 3 is 2.52 bits per heavy atom. The number of ether oxygens (including phenoxy) is 1. The number of nitrogens with zero attached hydrogens (tertiary/aromatic N) is 1. The number of carbonyl (C=O) groups excluding carboxylic acids is 1. The summed E-state index contributed by atoms with van der Waals surface area (Å²) in [6.45, 7) is 3.32. The van der Waals surface area contributed by atoms with E-state index >= 15 is 0 Å². The van der Waals surface area contributed by atoms with E-state index in [0.29, 0.717) is 17.9 Å². The lowest BCUT2D eigenvalue weighted by Crippen LogP contribution is -2.13. The van der Waals surface area contributed by atoms with Gasteiger partial charge in [0.1, 0.15) is 5.75 Å². The molecule has 3 rings (SSSR count). The molecule has 0 aliphatic carbocycles. The highest BCUT2D eigenvalue weighted by atomic mass is 16.5. The van der Waals surface area contributed by atoms with Gasteiger partial charge in [0, 0.05) is 24.6 Å². The van der Waals surface area contributed by atoms with Gasteiger partial charge in [-0.15, -0.1) is 0 Å². The standard InChI is InChI=1S/C22H23N3O2/c1-2-27-21-10-8-19(9-11-21)25-22(26)18-14-20(16-23-15-18)24-13-12-17-6-4-3-5-7-17/h3-11,14-16,24H,2,12-13H2,1H3,(H,25,26). The lowest BCUT2D eigenvalue weighted by Gasteiger charge is -2.09. The molecule has 5 nitrogen and oxygen atoms in total. The summed E-state index contributed by atoms with van der Waals surface area (Å²) in [6, 6.07) is 19.4. The van der Waals surface area contributed by atoms with Crippen molar-refractivity contribution >= 4 is 17.3 Å². The first-order chi connectivity index (χ1) is 13.2. The molecule has 27 heavy (non-hydrogen) atoms. The molecule has 2 aromatic carbocycles. The molecule has 0 bridgehead atoms. The second kappa shape index (κ2) is 9.38. The Kier molecular flexibility index (Phi) is 6.41. The third-order valence-electron chi connectivity index (χ3n) is 4.01. The molecule has 1 heterocycles. The predicted molar refractivity (Wildman–Crippen MR) is 108 cm³/mol. The van der Waals surface area contributed by atoms with E-state index in [1.165, 1.54) is 5.56 Å². The Balaban J connectivity index is 1.56. The van der Waals surface area contributed by atoms with Crippen LogP contribution in [-0.2, 0) is 6.42 Å². The van der Waals surface area contributed by atoms with Crippen molar-refractivity contribution in [3.63, 3.8) is 0 Å². The topological polar surface area (TPSA) is 63.2 Å². The van der Waals surface area contributed by atoms with Crippen molar-refractivity contribution < 1.29 is 9.53 Å². The molecule has 0 spiro atoms. The average Bonchev–Trinajstić information content (AvgIpc) is 2.71. The summed E-state index contributed by atoms with van der Waals surface area (Å²) in [7, 11) is 0. The Hall–Kier alpha value is -3.34. The summed E-state index contributed by atoms with van der Waals surface area (Å²) < 4.78 is 5.40. The Bertz CT molecular complexity index is 864. The summed E-state index contributed by atoms with van der Waals surface area (Å²) in [5.74, 6) is 0.583. The van der Waals surface area contributed by atoms with Crippen molar-refractivity contribution in [3.8, 4) is 5.75 Å². The van der Waals surface area contributed by atoms with Crippen LogP contribution >= 0.6 is 0 Å². The van der Waals surface area contributed by atoms with Crippen LogP contribution in [-0.4, -0.2) is 24.0 Å². The fourth-order valence-electron chi connectivity index (χ4n) is 2.66. The Labute approximate surface area is 159 Å². The van der Waals surface area contributed by atoms with Gasteiger partial charge in [0.15, 0.2) is 0 Å². The minimum atomic E-state index is -0.196. The second-order valence-corrected chi connectivity index (χ2v) is 6.04. The number of carbonyl (C=O) groups is 1. The Morgan fingerprint density at radius 1 is 1.00 bits per heavy atom. The number of anilines is 2. The quantitative estimate of drug-likeness (QED) is 0.625. The smallest absolute Gasteiger partial charge is 0.257 e. The van der Waals surface area contributed by atoms with Gasteiger partial charge >= 0.3 is 0 Å². The van der Waals surface area contributed by atoms with Gasteiger partial charge in [-0.05, 0) is 49.2 Å². The first-order valence-electron chi connectivity index (χ1n) is 9.01. The van der Waals surface area contributed by atoms with Crippen LogP contribution in [0, 0.1) is 0 Å². The maximum atomic E-state index is 12.5. The summed E-state index contributed by atoms with van der Waals surface area (Å²) in [6.07, 6.45) is 4.19. The van der Waals surface area contributed by atoms with Crippen molar-refractivity contribution in [1.82, 2.24) is 4.98 Å². The molecule has 0 radical (unpaired) electrons. The number of nitrogens with one attached hydrogen (secondary N) is 2. The summed E-state index contributed by atoms with van der Waals surface area (Å²) >= 11 is 0. The van der Waals surface area contributed by atoms with Crippen LogP contribution in [0.25, 0.3) is 0 Å². The van der Waals surface area contributed by atoms with Crippen molar-refractivity contribution in [2.24, 2.45) is 0 Å². The zero-order valence-corrected chi connectivity index (χ0v) is 15.3. The number of hydrogen-bond acceptors (Lipinski definition) is 4. The number of aromatic nitrogens is 1. The molecule has 0 atom stereocenters. The maximum absolute atomic E-state index is 12.5. The minimum Gasteiger partial charge on any atom is -0.494 e. The van der Waals surface area contributed by atoms with Crippen LogP contribution in [0.5, 0.6) is 5.75 Å². The van der Waals surface area contributed by atoms with E-state index in [-0.39, 0.29) is 5.91 Å². The molecule has 0 saturated heterocycles. The zero-order chi connectivity index (χ0) is 18.9. The molecule has 2 N–H and O–H groups in total. The lowest BCUT2D eigenvalue weighted by molar-refractivity contribution is 0.102. The van der Waals surface area contributed by atoms with E-state index in [0.717, 1.165) is 24.4 Å². The second-order valence-electron chi connectivity index (χ2n) is 6.04. The Morgan fingerprint density at radius 2 is 1.78 bits per heavy atom. The van der Waals surface area contributed by atoms with Gasteiger partial charge in [0.25, 0.3) is 5.91 Å².